The molecule has 5 heteroatoms. The predicted octanol–water partition coefficient (Wildman–Crippen LogP) is 1.04. The highest BCUT2D eigenvalue weighted by Gasteiger charge is 2.04. The number of rotatable bonds is 5. The average Bonchev–Trinajstić information content (AvgIpc) is 2.21. The van der Waals surface area contributed by atoms with Crippen LogP contribution in [0.15, 0.2) is 18.2 Å². The number of benzene rings is 1. The summed E-state index contributed by atoms with van der Waals surface area (Å²) in [6, 6.07) is 4.94. The van der Waals surface area contributed by atoms with Crippen LogP contribution in [0.1, 0.15) is 6.42 Å². The SMILES string of the molecule is Nc1cc(Cl)ccc1OCCC(O)CO. The van der Waals surface area contributed by atoms with Crippen LogP contribution in [0.4, 0.5) is 5.69 Å². The number of halogens is 1. The number of nitrogen functional groups attached to an aromatic ring is 1. The monoisotopic (exact) mass is 231 g/mol. The molecule has 0 aromatic heterocycles. The molecule has 0 heterocycles. The van der Waals surface area contributed by atoms with Crippen LogP contribution in [0, 0.1) is 0 Å². The molecule has 0 aliphatic carbocycles. The zero-order valence-corrected chi connectivity index (χ0v) is 8.94. The van der Waals surface area contributed by atoms with E-state index >= 15 is 0 Å². The summed E-state index contributed by atoms with van der Waals surface area (Å²) in [5.74, 6) is 0.532. The third-order valence-electron chi connectivity index (χ3n) is 1.89. The van der Waals surface area contributed by atoms with Gasteiger partial charge in [-0.05, 0) is 18.2 Å². The molecule has 0 saturated heterocycles. The first-order valence-corrected chi connectivity index (χ1v) is 4.98. The number of hydrogen-bond donors (Lipinski definition) is 3. The fraction of sp³-hybridized carbons (Fsp3) is 0.400. The van der Waals surface area contributed by atoms with E-state index in [4.69, 9.17) is 32.3 Å². The van der Waals surface area contributed by atoms with E-state index in [1.54, 1.807) is 18.2 Å². The van der Waals surface area contributed by atoms with Gasteiger partial charge in [-0.3, -0.25) is 0 Å². The van der Waals surface area contributed by atoms with Gasteiger partial charge in [0, 0.05) is 11.4 Å². The molecule has 15 heavy (non-hydrogen) atoms. The molecular formula is C10H14ClNO3. The minimum absolute atomic E-state index is 0.264. The van der Waals surface area contributed by atoms with Crippen molar-refractivity contribution in [3.63, 3.8) is 0 Å². The molecule has 0 saturated carbocycles. The number of nitrogens with two attached hydrogens (primary N) is 1. The highest BCUT2D eigenvalue weighted by Crippen LogP contribution is 2.24. The van der Waals surface area contributed by atoms with Gasteiger partial charge in [0.2, 0.25) is 0 Å². The maximum atomic E-state index is 9.07. The quantitative estimate of drug-likeness (QED) is 0.662. The van der Waals surface area contributed by atoms with Gasteiger partial charge in [-0.1, -0.05) is 11.6 Å². The second kappa shape index (κ2) is 5.80. The standard InChI is InChI=1S/C10H14ClNO3/c11-7-1-2-10(9(12)5-7)15-4-3-8(14)6-13/h1-2,5,8,13-14H,3-4,6,12H2. The van der Waals surface area contributed by atoms with Crippen molar-refractivity contribution in [1.82, 2.24) is 0 Å². The second-order valence-corrected chi connectivity index (χ2v) is 3.59. The summed E-state index contributed by atoms with van der Waals surface area (Å²) in [6.07, 6.45) is -0.392. The van der Waals surface area contributed by atoms with Gasteiger partial charge in [-0.25, -0.2) is 0 Å². The Morgan fingerprint density at radius 1 is 1.47 bits per heavy atom. The molecule has 1 atom stereocenters. The molecule has 1 aromatic rings. The average molecular weight is 232 g/mol. The summed E-state index contributed by atoms with van der Waals surface area (Å²) in [5, 5.41) is 18.2. The van der Waals surface area contributed by atoms with Crippen molar-refractivity contribution in [2.24, 2.45) is 0 Å². The summed E-state index contributed by atoms with van der Waals surface area (Å²) < 4.78 is 5.31. The first-order chi connectivity index (χ1) is 7.13. The topological polar surface area (TPSA) is 75.7 Å². The molecule has 0 spiro atoms. The van der Waals surface area contributed by atoms with Crippen LogP contribution >= 0.6 is 11.6 Å². The molecule has 0 bridgehead atoms. The Balaban J connectivity index is 2.44. The van der Waals surface area contributed by atoms with E-state index in [0.29, 0.717) is 29.5 Å². The number of hydrogen-bond acceptors (Lipinski definition) is 4. The van der Waals surface area contributed by atoms with Crippen molar-refractivity contribution in [1.29, 1.82) is 0 Å². The van der Waals surface area contributed by atoms with E-state index < -0.39 is 6.10 Å². The van der Waals surface area contributed by atoms with Crippen molar-refractivity contribution in [2.45, 2.75) is 12.5 Å². The minimum Gasteiger partial charge on any atom is -0.491 e. The molecule has 1 aromatic carbocycles. The first kappa shape index (κ1) is 12.1. The van der Waals surface area contributed by atoms with Crippen molar-refractivity contribution in [3.05, 3.63) is 23.2 Å². The summed E-state index contributed by atoms with van der Waals surface area (Å²) >= 11 is 5.72. The van der Waals surface area contributed by atoms with Gasteiger partial charge < -0.3 is 20.7 Å². The zero-order chi connectivity index (χ0) is 11.3. The van der Waals surface area contributed by atoms with Crippen LogP contribution in [0.5, 0.6) is 5.75 Å². The largest absolute Gasteiger partial charge is 0.491 e. The second-order valence-electron chi connectivity index (χ2n) is 3.16. The van der Waals surface area contributed by atoms with Crippen molar-refractivity contribution < 1.29 is 14.9 Å². The molecular weight excluding hydrogens is 218 g/mol. The van der Waals surface area contributed by atoms with E-state index in [1.165, 1.54) is 0 Å². The highest BCUT2D eigenvalue weighted by atomic mass is 35.5. The van der Waals surface area contributed by atoms with Gasteiger partial charge in [0.1, 0.15) is 5.75 Å². The number of ether oxygens (including phenoxy) is 1. The Labute approximate surface area is 93.2 Å². The molecule has 4 nitrogen and oxygen atoms in total. The Morgan fingerprint density at radius 3 is 2.80 bits per heavy atom. The summed E-state index contributed by atoms with van der Waals surface area (Å²) in [5.41, 5.74) is 6.11. The van der Waals surface area contributed by atoms with Crippen LogP contribution in [0.2, 0.25) is 5.02 Å². The van der Waals surface area contributed by atoms with Crippen LogP contribution < -0.4 is 10.5 Å². The van der Waals surface area contributed by atoms with Gasteiger partial charge >= 0.3 is 0 Å². The maximum Gasteiger partial charge on any atom is 0.142 e. The maximum absolute atomic E-state index is 9.07. The van der Waals surface area contributed by atoms with Gasteiger partial charge in [0.15, 0.2) is 0 Å². The fourth-order valence-electron chi connectivity index (χ4n) is 1.05. The Kier molecular flexibility index (Phi) is 4.68. The summed E-state index contributed by atoms with van der Waals surface area (Å²) in [6.45, 7) is 0.0347. The molecule has 84 valence electrons. The van der Waals surface area contributed by atoms with E-state index in [9.17, 15) is 0 Å². The first-order valence-electron chi connectivity index (χ1n) is 4.60. The lowest BCUT2D eigenvalue weighted by Crippen LogP contribution is -2.16. The zero-order valence-electron chi connectivity index (χ0n) is 8.19. The van der Waals surface area contributed by atoms with Gasteiger partial charge in [-0.2, -0.15) is 0 Å². The molecule has 0 amide bonds. The molecule has 0 fully saturated rings. The molecule has 1 unspecified atom stereocenters. The van der Waals surface area contributed by atoms with E-state index in [-0.39, 0.29) is 6.61 Å². The van der Waals surface area contributed by atoms with Crippen molar-refractivity contribution in [2.75, 3.05) is 18.9 Å². The van der Waals surface area contributed by atoms with E-state index in [2.05, 4.69) is 0 Å². The molecule has 4 N–H and O–H groups in total. The van der Waals surface area contributed by atoms with Gasteiger partial charge in [0.25, 0.3) is 0 Å². The molecule has 0 aliphatic heterocycles. The third kappa shape index (κ3) is 3.95. The molecule has 0 aliphatic rings. The van der Waals surface area contributed by atoms with Crippen LogP contribution in [0.25, 0.3) is 0 Å². The van der Waals surface area contributed by atoms with Crippen molar-refractivity contribution >= 4 is 17.3 Å². The number of anilines is 1. The number of aliphatic hydroxyl groups is 2. The van der Waals surface area contributed by atoms with Gasteiger partial charge in [-0.15, -0.1) is 0 Å². The summed E-state index contributed by atoms with van der Waals surface area (Å²) in [7, 11) is 0. The molecule has 1 rings (SSSR count). The van der Waals surface area contributed by atoms with E-state index in [0.717, 1.165) is 0 Å². The lowest BCUT2D eigenvalue weighted by molar-refractivity contribution is 0.0755. The third-order valence-corrected chi connectivity index (χ3v) is 2.13. The Morgan fingerprint density at radius 2 is 2.20 bits per heavy atom. The predicted molar refractivity (Wildman–Crippen MR) is 59.1 cm³/mol. The normalized spacial score (nSPS) is 12.5. The number of aliphatic hydroxyl groups excluding tert-OH is 2. The lowest BCUT2D eigenvalue weighted by atomic mass is 10.3. The van der Waals surface area contributed by atoms with Gasteiger partial charge in [0.05, 0.1) is 25.0 Å². The van der Waals surface area contributed by atoms with Crippen LogP contribution in [-0.2, 0) is 0 Å². The Hall–Kier alpha value is -0.970. The van der Waals surface area contributed by atoms with Crippen molar-refractivity contribution in [3.8, 4) is 5.75 Å². The summed E-state index contributed by atoms with van der Waals surface area (Å²) in [4.78, 5) is 0. The van der Waals surface area contributed by atoms with Crippen LogP contribution in [0.3, 0.4) is 0 Å². The lowest BCUT2D eigenvalue weighted by Gasteiger charge is -2.10. The Bertz CT molecular complexity index is 320. The fourth-order valence-corrected chi connectivity index (χ4v) is 1.23. The highest BCUT2D eigenvalue weighted by molar-refractivity contribution is 6.30. The molecule has 0 radical (unpaired) electrons. The smallest absolute Gasteiger partial charge is 0.142 e. The van der Waals surface area contributed by atoms with E-state index in [1.807, 2.05) is 0 Å². The minimum atomic E-state index is -0.751. The van der Waals surface area contributed by atoms with Crippen LogP contribution in [-0.4, -0.2) is 29.5 Å².